The Bertz CT molecular complexity index is 676. The fraction of sp³-hybridized carbons (Fsp3) is 0.231. The van der Waals surface area contributed by atoms with Gasteiger partial charge >= 0.3 is 0 Å². The van der Waals surface area contributed by atoms with Crippen molar-refractivity contribution in [1.82, 2.24) is 30.5 Å². The summed E-state index contributed by atoms with van der Waals surface area (Å²) in [6, 6.07) is 8.03. The molecule has 0 fully saturated rings. The van der Waals surface area contributed by atoms with Crippen molar-refractivity contribution in [1.29, 1.82) is 0 Å². The highest BCUT2D eigenvalue weighted by atomic mass is 32.1. The molecule has 0 saturated carbocycles. The Labute approximate surface area is 120 Å². The lowest BCUT2D eigenvalue weighted by Gasteiger charge is -2.02. The number of nitrogens with one attached hydrogen (secondary N) is 1. The molecule has 20 heavy (non-hydrogen) atoms. The van der Waals surface area contributed by atoms with Crippen LogP contribution in [0.2, 0.25) is 0 Å². The summed E-state index contributed by atoms with van der Waals surface area (Å²) >= 11 is 1.69. The number of aromatic nitrogens is 5. The normalized spacial score (nSPS) is 10.8. The van der Waals surface area contributed by atoms with Gasteiger partial charge in [-0.2, -0.15) is 0 Å². The summed E-state index contributed by atoms with van der Waals surface area (Å²) in [6.45, 7) is 0.942. The molecule has 0 aliphatic carbocycles. The van der Waals surface area contributed by atoms with E-state index in [-0.39, 0.29) is 0 Å². The van der Waals surface area contributed by atoms with Crippen LogP contribution in [0.1, 0.15) is 5.01 Å². The van der Waals surface area contributed by atoms with Gasteiger partial charge in [0.05, 0.1) is 16.4 Å². The molecular formula is C13H14N6S. The lowest BCUT2D eigenvalue weighted by atomic mass is 10.1. The zero-order valence-electron chi connectivity index (χ0n) is 11.0. The standard InChI is InChI=1S/C13H14N6S/c1-14-6-5-13-16-12(8-20-13)10-3-2-4-11(7-10)19-9-15-17-18-19/h2-4,7-9,14H,5-6H2,1H3. The number of nitrogens with zero attached hydrogens (tertiary/aromatic N) is 5. The maximum absolute atomic E-state index is 4.66. The average Bonchev–Trinajstić information content (AvgIpc) is 3.17. The van der Waals surface area contributed by atoms with Crippen LogP contribution < -0.4 is 5.32 Å². The fourth-order valence-corrected chi connectivity index (χ4v) is 2.68. The summed E-state index contributed by atoms with van der Waals surface area (Å²) in [7, 11) is 1.95. The van der Waals surface area contributed by atoms with E-state index in [1.54, 1.807) is 22.3 Å². The highest BCUT2D eigenvalue weighted by Crippen LogP contribution is 2.23. The first-order chi connectivity index (χ1) is 9.86. The molecule has 102 valence electrons. The first kappa shape index (κ1) is 12.9. The van der Waals surface area contributed by atoms with Gasteiger partial charge in [-0.1, -0.05) is 12.1 Å². The van der Waals surface area contributed by atoms with Crippen LogP contribution in [0.4, 0.5) is 0 Å². The van der Waals surface area contributed by atoms with Gasteiger partial charge in [0, 0.05) is 23.9 Å². The van der Waals surface area contributed by atoms with Crippen LogP contribution in [0.3, 0.4) is 0 Å². The average molecular weight is 286 g/mol. The lowest BCUT2D eigenvalue weighted by Crippen LogP contribution is -2.09. The Hall–Kier alpha value is -2.12. The largest absolute Gasteiger partial charge is 0.319 e. The molecular weight excluding hydrogens is 272 g/mol. The zero-order chi connectivity index (χ0) is 13.8. The monoisotopic (exact) mass is 286 g/mol. The second-order valence-electron chi connectivity index (χ2n) is 4.28. The molecule has 1 aromatic carbocycles. The van der Waals surface area contributed by atoms with E-state index in [4.69, 9.17) is 0 Å². The highest BCUT2D eigenvalue weighted by molar-refractivity contribution is 7.09. The van der Waals surface area contributed by atoms with Crippen LogP contribution >= 0.6 is 11.3 Å². The van der Waals surface area contributed by atoms with Gasteiger partial charge in [-0.15, -0.1) is 16.4 Å². The minimum absolute atomic E-state index is 0.928. The van der Waals surface area contributed by atoms with E-state index in [1.807, 2.05) is 31.3 Å². The molecule has 3 aromatic rings. The Morgan fingerprint density at radius 1 is 1.35 bits per heavy atom. The van der Waals surface area contributed by atoms with Crippen LogP contribution in [0.5, 0.6) is 0 Å². The smallest absolute Gasteiger partial charge is 0.143 e. The minimum atomic E-state index is 0.928. The van der Waals surface area contributed by atoms with Crippen molar-refractivity contribution in [3.8, 4) is 16.9 Å². The number of rotatable bonds is 5. The predicted octanol–water partition coefficient (Wildman–Crippen LogP) is 1.55. The van der Waals surface area contributed by atoms with E-state index in [0.717, 1.165) is 34.9 Å². The molecule has 0 saturated heterocycles. The van der Waals surface area contributed by atoms with Crippen molar-refractivity contribution in [2.45, 2.75) is 6.42 Å². The maximum atomic E-state index is 4.66. The third-order valence-corrected chi connectivity index (χ3v) is 3.80. The van der Waals surface area contributed by atoms with Gasteiger partial charge in [0.2, 0.25) is 0 Å². The van der Waals surface area contributed by atoms with E-state index in [2.05, 4.69) is 31.2 Å². The number of likely N-dealkylation sites (N-methyl/N-ethyl adjacent to an activating group) is 1. The van der Waals surface area contributed by atoms with E-state index < -0.39 is 0 Å². The molecule has 0 atom stereocenters. The molecule has 0 unspecified atom stereocenters. The molecule has 0 aliphatic heterocycles. The molecule has 1 N–H and O–H groups in total. The maximum Gasteiger partial charge on any atom is 0.143 e. The first-order valence-corrected chi connectivity index (χ1v) is 7.17. The van der Waals surface area contributed by atoms with Gasteiger partial charge in [-0.05, 0) is 29.6 Å². The van der Waals surface area contributed by atoms with Gasteiger partial charge < -0.3 is 5.32 Å². The highest BCUT2D eigenvalue weighted by Gasteiger charge is 2.06. The van der Waals surface area contributed by atoms with Crippen LogP contribution in [0, 0.1) is 0 Å². The molecule has 0 spiro atoms. The molecule has 3 rings (SSSR count). The Balaban J connectivity index is 1.87. The van der Waals surface area contributed by atoms with Crippen molar-refractivity contribution >= 4 is 11.3 Å². The Kier molecular flexibility index (Phi) is 3.80. The Morgan fingerprint density at radius 3 is 3.10 bits per heavy atom. The van der Waals surface area contributed by atoms with E-state index in [1.165, 1.54) is 0 Å². The van der Waals surface area contributed by atoms with Crippen molar-refractivity contribution in [3.63, 3.8) is 0 Å². The van der Waals surface area contributed by atoms with Gasteiger partial charge in [0.25, 0.3) is 0 Å². The van der Waals surface area contributed by atoms with Crippen LogP contribution in [-0.2, 0) is 6.42 Å². The molecule has 0 bridgehead atoms. The second kappa shape index (κ2) is 5.89. The third kappa shape index (κ3) is 2.73. The molecule has 2 aromatic heterocycles. The number of thiazole rings is 1. The van der Waals surface area contributed by atoms with E-state index in [0.29, 0.717) is 0 Å². The number of benzene rings is 1. The molecule has 2 heterocycles. The van der Waals surface area contributed by atoms with Crippen LogP contribution in [0.15, 0.2) is 36.0 Å². The number of tetrazole rings is 1. The fourth-order valence-electron chi connectivity index (χ4n) is 1.88. The van der Waals surface area contributed by atoms with Gasteiger partial charge in [-0.3, -0.25) is 0 Å². The summed E-state index contributed by atoms with van der Waals surface area (Å²) in [6.07, 6.45) is 2.53. The van der Waals surface area contributed by atoms with Gasteiger partial charge in [0.15, 0.2) is 0 Å². The molecule has 0 aliphatic rings. The topological polar surface area (TPSA) is 68.5 Å². The van der Waals surface area contributed by atoms with Crippen LogP contribution in [-0.4, -0.2) is 38.8 Å². The first-order valence-electron chi connectivity index (χ1n) is 6.29. The quantitative estimate of drug-likeness (QED) is 0.770. The second-order valence-corrected chi connectivity index (χ2v) is 5.23. The Morgan fingerprint density at radius 2 is 2.30 bits per heavy atom. The summed E-state index contributed by atoms with van der Waals surface area (Å²) in [5.74, 6) is 0. The van der Waals surface area contributed by atoms with E-state index in [9.17, 15) is 0 Å². The van der Waals surface area contributed by atoms with Crippen molar-refractivity contribution in [3.05, 3.63) is 41.0 Å². The van der Waals surface area contributed by atoms with Crippen molar-refractivity contribution in [2.24, 2.45) is 0 Å². The molecule has 7 heteroatoms. The summed E-state index contributed by atoms with van der Waals surface area (Å²) in [4.78, 5) is 4.66. The summed E-state index contributed by atoms with van der Waals surface area (Å²) in [5.41, 5.74) is 3.00. The SMILES string of the molecule is CNCCc1nc(-c2cccc(-n3cnnn3)c2)cs1. The number of hydrogen-bond donors (Lipinski definition) is 1. The molecule has 6 nitrogen and oxygen atoms in total. The third-order valence-electron chi connectivity index (χ3n) is 2.90. The minimum Gasteiger partial charge on any atom is -0.319 e. The summed E-state index contributed by atoms with van der Waals surface area (Å²) in [5, 5.41) is 17.6. The molecule has 0 amide bonds. The van der Waals surface area contributed by atoms with Crippen molar-refractivity contribution < 1.29 is 0 Å². The van der Waals surface area contributed by atoms with Crippen molar-refractivity contribution in [2.75, 3.05) is 13.6 Å². The lowest BCUT2D eigenvalue weighted by molar-refractivity contribution is 0.787. The summed E-state index contributed by atoms with van der Waals surface area (Å²) < 4.78 is 1.64. The molecule has 0 radical (unpaired) electrons. The van der Waals surface area contributed by atoms with Crippen LogP contribution in [0.25, 0.3) is 16.9 Å². The zero-order valence-corrected chi connectivity index (χ0v) is 11.8. The van der Waals surface area contributed by atoms with E-state index >= 15 is 0 Å². The van der Waals surface area contributed by atoms with Gasteiger partial charge in [0.1, 0.15) is 6.33 Å². The predicted molar refractivity (Wildman–Crippen MR) is 77.9 cm³/mol. The number of hydrogen-bond acceptors (Lipinski definition) is 6. The van der Waals surface area contributed by atoms with Gasteiger partial charge in [-0.25, -0.2) is 9.67 Å².